The average Bonchev–Trinajstić information content (AvgIpc) is 3.50. The molecule has 3 aromatic carbocycles. The topological polar surface area (TPSA) is 98.2 Å². The minimum absolute atomic E-state index is 0.0285. The normalized spacial score (nSPS) is 16.4. The number of carbonyl (C=O) groups is 2. The van der Waals surface area contributed by atoms with Crippen LogP contribution in [-0.4, -0.2) is 41.6 Å². The number of nitrogens with zero attached hydrogens (tertiary/aromatic N) is 2. The van der Waals surface area contributed by atoms with Crippen molar-refractivity contribution >= 4 is 44.1 Å². The summed E-state index contributed by atoms with van der Waals surface area (Å²) < 4.78 is 18.2. The fourth-order valence-electron chi connectivity index (χ4n) is 4.79. The van der Waals surface area contributed by atoms with Crippen LogP contribution >= 0.6 is 11.3 Å². The number of aliphatic hydroxyl groups is 1. The number of aromatic nitrogens is 1. The number of carbonyl (C=O) groups excluding carboxylic acids is 2. The molecule has 1 amide bonds. The molecule has 2 heterocycles. The number of thiazole rings is 1. The van der Waals surface area contributed by atoms with E-state index >= 15 is 0 Å². The van der Waals surface area contributed by atoms with E-state index in [1.54, 1.807) is 42.5 Å². The van der Waals surface area contributed by atoms with Crippen LogP contribution in [0.5, 0.6) is 17.2 Å². The predicted molar refractivity (Wildman–Crippen MR) is 160 cm³/mol. The van der Waals surface area contributed by atoms with Crippen molar-refractivity contribution in [2.75, 3.05) is 24.7 Å². The quantitative estimate of drug-likeness (QED) is 0.127. The molecule has 0 radical (unpaired) electrons. The number of rotatable bonds is 10. The maximum atomic E-state index is 13.7. The summed E-state index contributed by atoms with van der Waals surface area (Å²) >= 11 is 1.32. The van der Waals surface area contributed by atoms with E-state index in [2.05, 4.69) is 0 Å². The highest BCUT2D eigenvalue weighted by atomic mass is 32.1. The molecule has 1 aliphatic rings. The molecular formula is C32H32N2O6S. The van der Waals surface area contributed by atoms with Gasteiger partial charge in [-0.05, 0) is 86.8 Å². The van der Waals surface area contributed by atoms with E-state index in [9.17, 15) is 14.7 Å². The standard InChI is InChI=1S/C32H32N2O6S/c1-5-16-40-24-15-11-21(18-25(24)39-7-3)28-27(29(35)20-9-12-22(13-10-20)38-6-2)30(36)31(37)34(28)32-33-23-14-8-19(4)17-26(23)41-32/h8-15,17-18,28,35H,5-7,16H2,1-4H3. The second-order valence-corrected chi connectivity index (χ2v) is 10.6. The molecule has 41 heavy (non-hydrogen) atoms. The molecule has 1 saturated heterocycles. The molecule has 9 heteroatoms. The molecule has 1 fully saturated rings. The molecule has 1 aliphatic heterocycles. The van der Waals surface area contributed by atoms with Crippen LogP contribution in [0.1, 0.15) is 49.9 Å². The highest BCUT2D eigenvalue weighted by Gasteiger charge is 2.48. The third kappa shape index (κ3) is 5.50. The number of amides is 1. The van der Waals surface area contributed by atoms with Crippen LogP contribution in [0.15, 0.2) is 66.2 Å². The van der Waals surface area contributed by atoms with Crippen LogP contribution in [0.3, 0.4) is 0 Å². The van der Waals surface area contributed by atoms with E-state index in [0.29, 0.717) is 53.3 Å². The first kappa shape index (κ1) is 28.2. The van der Waals surface area contributed by atoms with Crippen molar-refractivity contribution in [1.29, 1.82) is 0 Å². The van der Waals surface area contributed by atoms with Crippen molar-refractivity contribution in [2.24, 2.45) is 0 Å². The van der Waals surface area contributed by atoms with E-state index in [1.807, 2.05) is 45.9 Å². The van der Waals surface area contributed by atoms with Crippen LogP contribution in [0.25, 0.3) is 16.0 Å². The molecule has 1 unspecified atom stereocenters. The Morgan fingerprint density at radius 3 is 2.39 bits per heavy atom. The lowest BCUT2D eigenvalue weighted by molar-refractivity contribution is -0.132. The van der Waals surface area contributed by atoms with Gasteiger partial charge >= 0.3 is 5.91 Å². The van der Waals surface area contributed by atoms with Crippen LogP contribution in [0.4, 0.5) is 5.13 Å². The predicted octanol–water partition coefficient (Wildman–Crippen LogP) is 6.82. The third-order valence-electron chi connectivity index (χ3n) is 6.67. The molecule has 0 bridgehead atoms. The number of hydrogen-bond acceptors (Lipinski definition) is 8. The lowest BCUT2D eigenvalue weighted by Crippen LogP contribution is -2.29. The summed E-state index contributed by atoms with van der Waals surface area (Å²) in [5.74, 6) is -0.139. The zero-order chi connectivity index (χ0) is 29.1. The first-order chi connectivity index (χ1) is 19.9. The molecule has 5 rings (SSSR count). The lowest BCUT2D eigenvalue weighted by Gasteiger charge is -2.24. The smallest absolute Gasteiger partial charge is 0.301 e. The summed E-state index contributed by atoms with van der Waals surface area (Å²) in [4.78, 5) is 33.4. The molecule has 0 saturated carbocycles. The van der Waals surface area contributed by atoms with Crippen LogP contribution in [-0.2, 0) is 9.59 Å². The van der Waals surface area contributed by atoms with Crippen molar-refractivity contribution in [3.63, 3.8) is 0 Å². The first-order valence-corrected chi connectivity index (χ1v) is 14.5. The Bertz CT molecular complexity index is 1630. The Morgan fingerprint density at radius 1 is 0.927 bits per heavy atom. The van der Waals surface area contributed by atoms with E-state index < -0.39 is 17.7 Å². The van der Waals surface area contributed by atoms with Crippen molar-refractivity contribution in [1.82, 2.24) is 4.98 Å². The molecule has 0 spiro atoms. The van der Waals surface area contributed by atoms with Crippen LogP contribution in [0.2, 0.25) is 0 Å². The van der Waals surface area contributed by atoms with Crippen molar-refractivity contribution in [3.8, 4) is 17.2 Å². The molecule has 4 aromatic rings. The molecule has 1 aromatic heterocycles. The maximum Gasteiger partial charge on any atom is 0.301 e. The number of benzene rings is 3. The largest absolute Gasteiger partial charge is 0.507 e. The number of fused-ring (bicyclic) bond motifs is 1. The summed E-state index contributed by atoms with van der Waals surface area (Å²) in [6, 6.07) is 17.0. The van der Waals surface area contributed by atoms with Gasteiger partial charge in [-0.3, -0.25) is 14.5 Å². The second kappa shape index (κ2) is 12.0. The zero-order valence-electron chi connectivity index (χ0n) is 23.5. The fraction of sp³-hybridized carbons (Fsp3) is 0.281. The van der Waals surface area contributed by atoms with Gasteiger partial charge in [-0.25, -0.2) is 4.98 Å². The Kier molecular flexibility index (Phi) is 8.26. The van der Waals surface area contributed by atoms with Gasteiger partial charge in [0.1, 0.15) is 11.5 Å². The van der Waals surface area contributed by atoms with E-state index in [4.69, 9.17) is 19.2 Å². The van der Waals surface area contributed by atoms with Gasteiger partial charge in [-0.15, -0.1) is 0 Å². The SMILES string of the molecule is CCCOc1ccc(C2C(=C(O)c3ccc(OCC)cc3)C(=O)C(=O)N2c2nc3ccc(C)cc3s2)cc1OCC. The van der Waals surface area contributed by atoms with E-state index in [1.165, 1.54) is 16.2 Å². The average molecular weight is 573 g/mol. The zero-order valence-corrected chi connectivity index (χ0v) is 24.3. The van der Waals surface area contributed by atoms with Gasteiger partial charge in [-0.1, -0.05) is 30.4 Å². The lowest BCUT2D eigenvalue weighted by atomic mass is 9.95. The fourth-order valence-corrected chi connectivity index (χ4v) is 5.88. The minimum atomic E-state index is -0.942. The molecule has 1 atom stereocenters. The highest BCUT2D eigenvalue weighted by molar-refractivity contribution is 7.22. The number of ketones is 1. The summed E-state index contributed by atoms with van der Waals surface area (Å²) in [5, 5.41) is 11.9. The van der Waals surface area contributed by atoms with Crippen molar-refractivity contribution < 1.29 is 28.9 Å². The Hall–Kier alpha value is -4.37. The first-order valence-electron chi connectivity index (χ1n) is 13.7. The van der Waals surface area contributed by atoms with Crippen molar-refractivity contribution in [3.05, 3.63) is 82.9 Å². The van der Waals surface area contributed by atoms with Gasteiger partial charge in [0, 0.05) is 5.56 Å². The van der Waals surface area contributed by atoms with E-state index in [-0.39, 0.29) is 11.3 Å². The van der Waals surface area contributed by atoms with Gasteiger partial charge < -0.3 is 19.3 Å². The van der Waals surface area contributed by atoms with Gasteiger partial charge in [0.2, 0.25) is 0 Å². The van der Waals surface area contributed by atoms with Gasteiger partial charge in [0.15, 0.2) is 16.6 Å². The Balaban J connectivity index is 1.69. The van der Waals surface area contributed by atoms with Crippen LogP contribution in [0, 0.1) is 6.92 Å². The number of aliphatic hydroxyl groups excluding tert-OH is 1. The number of ether oxygens (including phenoxy) is 3. The second-order valence-electron chi connectivity index (χ2n) is 9.58. The minimum Gasteiger partial charge on any atom is -0.507 e. The monoisotopic (exact) mass is 572 g/mol. The highest BCUT2D eigenvalue weighted by Crippen LogP contribution is 2.46. The third-order valence-corrected chi connectivity index (χ3v) is 7.68. The van der Waals surface area contributed by atoms with Crippen molar-refractivity contribution in [2.45, 2.75) is 40.2 Å². The Labute approximate surface area is 242 Å². The number of aryl methyl sites for hydroxylation is 1. The molecule has 1 N–H and O–H groups in total. The van der Waals surface area contributed by atoms with Crippen LogP contribution < -0.4 is 19.1 Å². The molecule has 8 nitrogen and oxygen atoms in total. The summed E-state index contributed by atoms with van der Waals surface area (Å²) in [5.41, 5.74) is 2.73. The molecule has 0 aliphatic carbocycles. The summed E-state index contributed by atoms with van der Waals surface area (Å²) in [6.07, 6.45) is 0.826. The Morgan fingerprint density at radius 2 is 1.68 bits per heavy atom. The number of anilines is 1. The number of Topliss-reactive ketones (excluding diaryl/α,β-unsaturated/α-hetero) is 1. The number of hydrogen-bond donors (Lipinski definition) is 1. The van der Waals surface area contributed by atoms with Gasteiger partial charge in [0.25, 0.3) is 5.78 Å². The summed E-state index contributed by atoms with van der Waals surface area (Å²) in [6.45, 7) is 9.17. The van der Waals surface area contributed by atoms with Gasteiger partial charge in [0.05, 0.1) is 41.7 Å². The molecular weight excluding hydrogens is 540 g/mol. The maximum absolute atomic E-state index is 13.7. The van der Waals surface area contributed by atoms with E-state index in [0.717, 1.165) is 22.2 Å². The molecule has 212 valence electrons. The summed E-state index contributed by atoms with van der Waals surface area (Å²) in [7, 11) is 0. The van der Waals surface area contributed by atoms with Gasteiger partial charge in [-0.2, -0.15) is 0 Å².